The molecule has 0 bridgehead atoms. The van der Waals surface area contributed by atoms with Crippen LogP contribution >= 0.6 is 34.4 Å². The van der Waals surface area contributed by atoms with E-state index in [1.54, 1.807) is 12.1 Å². The number of halogens is 7. The lowest BCUT2D eigenvalue weighted by Crippen LogP contribution is -2.36. The van der Waals surface area contributed by atoms with E-state index < -0.39 is 35.6 Å². The normalized spacial score (nSPS) is 13.0. The van der Waals surface area contributed by atoms with E-state index in [9.17, 15) is 35.9 Å². The van der Waals surface area contributed by atoms with Crippen LogP contribution in [0.1, 0.15) is 44.7 Å². The molecule has 0 heterocycles. The summed E-state index contributed by atoms with van der Waals surface area (Å²) in [7, 11) is 0. The van der Waals surface area contributed by atoms with Gasteiger partial charge in [-0.15, -0.1) is 0 Å². The van der Waals surface area contributed by atoms with Crippen LogP contribution in [-0.2, 0) is 0 Å². The number of hydrogen-bond donors (Lipinski definition) is 2. The summed E-state index contributed by atoms with van der Waals surface area (Å²) in [4.78, 5) is 25.7. The topological polar surface area (TPSA) is 58.2 Å². The van der Waals surface area contributed by atoms with Crippen molar-refractivity contribution < 1.29 is 35.9 Å². The van der Waals surface area contributed by atoms with Crippen molar-refractivity contribution in [1.29, 1.82) is 0 Å². The third-order valence-electron chi connectivity index (χ3n) is 4.77. The maximum absolute atomic E-state index is 13.0. The molecule has 4 nitrogen and oxygen atoms in total. The maximum Gasteiger partial charge on any atom is 0.404 e. The molecule has 2 aromatic carbocycles. The van der Waals surface area contributed by atoms with Gasteiger partial charge in [0.2, 0.25) is 0 Å². The number of rotatable bonds is 7. The molecular weight excluding hydrogens is 597 g/mol. The van der Waals surface area contributed by atoms with Crippen LogP contribution in [0.4, 0.5) is 32.0 Å². The zero-order valence-corrected chi connectivity index (χ0v) is 21.2. The van der Waals surface area contributed by atoms with Crippen molar-refractivity contribution in [1.82, 2.24) is 5.32 Å². The van der Waals surface area contributed by atoms with Gasteiger partial charge in [-0.1, -0.05) is 18.2 Å². The molecule has 0 aliphatic rings. The average Bonchev–Trinajstić information content (AvgIpc) is 2.67. The van der Waals surface area contributed by atoms with E-state index in [1.165, 1.54) is 24.8 Å². The molecule has 186 valence electrons. The summed E-state index contributed by atoms with van der Waals surface area (Å²) in [5.41, 5.74) is -0.801. The van der Waals surface area contributed by atoms with Gasteiger partial charge < -0.3 is 10.6 Å². The molecule has 0 radical (unpaired) electrons. The summed E-state index contributed by atoms with van der Waals surface area (Å²) in [5.74, 6) is -4.18. The third kappa shape index (κ3) is 7.03. The first-order valence-corrected chi connectivity index (χ1v) is 12.3. The van der Waals surface area contributed by atoms with Crippen molar-refractivity contribution in [3.05, 3.63) is 62.2 Å². The van der Waals surface area contributed by atoms with Crippen molar-refractivity contribution >= 4 is 51.9 Å². The molecule has 0 fully saturated rings. The highest BCUT2D eigenvalue weighted by Crippen LogP contribution is 2.46. The summed E-state index contributed by atoms with van der Waals surface area (Å²) in [6.07, 6.45) is -9.16. The number of aryl methyl sites for hydroxylation is 1. The molecule has 12 heteroatoms. The molecule has 2 amide bonds. The molecule has 2 rings (SSSR count). The minimum atomic E-state index is -5.52. The van der Waals surface area contributed by atoms with E-state index in [4.69, 9.17) is 0 Å². The molecular formula is C22H21F6IN2O2S. The molecule has 2 N–H and O–H groups in total. The zero-order chi connectivity index (χ0) is 25.8. The third-order valence-corrected chi connectivity index (χ3v) is 6.50. The van der Waals surface area contributed by atoms with Crippen LogP contribution in [0.5, 0.6) is 0 Å². The predicted molar refractivity (Wildman–Crippen MR) is 128 cm³/mol. The van der Waals surface area contributed by atoms with Crippen LogP contribution in [0.25, 0.3) is 0 Å². The molecule has 0 aromatic heterocycles. The molecule has 0 aliphatic carbocycles. The lowest BCUT2D eigenvalue weighted by molar-refractivity contribution is -0.253. The van der Waals surface area contributed by atoms with Crippen LogP contribution < -0.4 is 10.6 Å². The van der Waals surface area contributed by atoms with Gasteiger partial charge in [-0.25, -0.2) is 0 Å². The quantitative estimate of drug-likeness (QED) is 0.274. The highest BCUT2D eigenvalue weighted by molar-refractivity contribution is 14.1. The van der Waals surface area contributed by atoms with E-state index in [1.807, 2.05) is 35.8 Å². The minimum Gasteiger partial charge on any atom is -0.349 e. The predicted octanol–water partition coefficient (Wildman–Crippen LogP) is 6.54. The number of alkyl halides is 6. The standard InChI is InChI=1S/C22H21F6IN2O2S/c1-11-9-13(18(21(23,24)25)22(26,27)28)7-8-16(11)31-19(32)14-5-4-6-15(29)17(14)20(33)30-12(2)10-34-3/h4-9,12,18H,10H2,1-3H3,(H,30,33)(H,31,32). The molecule has 0 saturated carbocycles. The molecule has 1 atom stereocenters. The van der Waals surface area contributed by atoms with E-state index in [0.29, 0.717) is 15.4 Å². The lowest BCUT2D eigenvalue weighted by Gasteiger charge is -2.24. The molecule has 1 unspecified atom stereocenters. The van der Waals surface area contributed by atoms with E-state index >= 15 is 0 Å². The highest BCUT2D eigenvalue weighted by Gasteiger charge is 2.57. The Balaban J connectivity index is 2.35. The van der Waals surface area contributed by atoms with Gasteiger partial charge in [0.15, 0.2) is 5.92 Å². The Kier molecular flexibility index (Phi) is 9.30. The van der Waals surface area contributed by atoms with Gasteiger partial charge in [0, 0.05) is 21.1 Å². The monoisotopic (exact) mass is 618 g/mol. The second-order valence-corrected chi connectivity index (χ2v) is 9.61. The highest BCUT2D eigenvalue weighted by atomic mass is 127. The van der Waals surface area contributed by atoms with Crippen molar-refractivity contribution in [2.24, 2.45) is 0 Å². The smallest absolute Gasteiger partial charge is 0.349 e. The Morgan fingerprint density at radius 1 is 1.03 bits per heavy atom. The van der Waals surface area contributed by atoms with Gasteiger partial charge in [-0.2, -0.15) is 38.1 Å². The Bertz CT molecular complexity index is 1040. The van der Waals surface area contributed by atoms with Crippen LogP contribution in [0.3, 0.4) is 0 Å². The molecule has 2 aromatic rings. The number of benzene rings is 2. The molecule has 0 saturated heterocycles. The number of thioether (sulfide) groups is 1. The summed E-state index contributed by atoms with van der Waals surface area (Å²) >= 11 is 3.44. The molecule has 34 heavy (non-hydrogen) atoms. The average molecular weight is 618 g/mol. The van der Waals surface area contributed by atoms with Gasteiger partial charge in [0.25, 0.3) is 11.8 Å². The minimum absolute atomic E-state index is 0.00886. The van der Waals surface area contributed by atoms with Crippen molar-refractivity contribution in [2.45, 2.75) is 38.2 Å². The lowest BCUT2D eigenvalue weighted by atomic mass is 9.95. The Morgan fingerprint density at radius 3 is 2.18 bits per heavy atom. The van der Waals surface area contributed by atoms with E-state index in [0.717, 1.165) is 12.1 Å². The summed E-state index contributed by atoms with van der Waals surface area (Å²) < 4.78 is 78.7. The maximum atomic E-state index is 13.0. The zero-order valence-electron chi connectivity index (χ0n) is 18.2. The number of amides is 2. The Morgan fingerprint density at radius 2 is 1.65 bits per heavy atom. The number of hydrogen-bond acceptors (Lipinski definition) is 3. The summed E-state index contributed by atoms with van der Waals surface area (Å²) in [5, 5.41) is 5.28. The van der Waals surface area contributed by atoms with E-state index in [-0.39, 0.29) is 28.4 Å². The molecule has 0 aliphatic heterocycles. The van der Waals surface area contributed by atoms with Crippen LogP contribution in [0.2, 0.25) is 0 Å². The Hall–Kier alpha value is -1.96. The summed E-state index contributed by atoms with van der Waals surface area (Å²) in [6.45, 7) is 3.10. The van der Waals surface area contributed by atoms with Gasteiger partial charge in [0.05, 0.1) is 11.1 Å². The first-order chi connectivity index (χ1) is 15.7. The fourth-order valence-electron chi connectivity index (χ4n) is 3.29. The fourth-order valence-corrected chi connectivity index (χ4v) is 4.62. The van der Waals surface area contributed by atoms with Gasteiger partial charge in [0.1, 0.15) is 0 Å². The van der Waals surface area contributed by atoms with Gasteiger partial charge in [-0.05, 0) is 72.0 Å². The van der Waals surface area contributed by atoms with Crippen molar-refractivity contribution in [3.8, 4) is 0 Å². The van der Waals surface area contributed by atoms with Gasteiger partial charge >= 0.3 is 12.4 Å². The van der Waals surface area contributed by atoms with Crippen molar-refractivity contribution in [2.75, 3.05) is 17.3 Å². The number of nitrogens with one attached hydrogen (secondary N) is 2. The largest absolute Gasteiger partial charge is 0.404 e. The first-order valence-electron chi connectivity index (χ1n) is 9.80. The summed E-state index contributed by atoms with van der Waals surface area (Å²) in [6, 6.07) is 6.86. The van der Waals surface area contributed by atoms with Crippen molar-refractivity contribution in [3.63, 3.8) is 0 Å². The second kappa shape index (κ2) is 11.2. The van der Waals surface area contributed by atoms with Crippen LogP contribution in [-0.4, -0.2) is 42.2 Å². The van der Waals surface area contributed by atoms with Crippen LogP contribution in [0.15, 0.2) is 36.4 Å². The van der Waals surface area contributed by atoms with Gasteiger partial charge in [-0.3, -0.25) is 9.59 Å². The van der Waals surface area contributed by atoms with Crippen LogP contribution in [0, 0.1) is 10.5 Å². The van der Waals surface area contributed by atoms with E-state index in [2.05, 4.69) is 10.6 Å². The first kappa shape index (κ1) is 28.3. The number of anilines is 1. The fraction of sp³-hybridized carbons (Fsp3) is 0.364. The Labute approximate surface area is 210 Å². The number of carbonyl (C=O) groups is 2. The second-order valence-electron chi connectivity index (χ2n) is 7.54. The number of carbonyl (C=O) groups excluding carboxylic acids is 2. The molecule has 0 spiro atoms. The SMILES string of the molecule is CSCC(C)NC(=O)c1c(I)cccc1C(=O)Nc1ccc(C(C(F)(F)F)C(F)(F)F)cc1C.